The minimum Gasteiger partial charge on any atom is -0.618 e. The van der Waals surface area contributed by atoms with E-state index >= 15 is 0 Å². The molecule has 0 aliphatic rings. The lowest BCUT2D eigenvalue weighted by atomic mass is 10.1. The maximum absolute atomic E-state index is 11.4. The second-order valence-electron chi connectivity index (χ2n) is 3.19. The summed E-state index contributed by atoms with van der Waals surface area (Å²) in [4.78, 5) is 0. The summed E-state index contributed by atoms with van der Waals surface area (Å²) in [6, 6.07) is 3.04. The number of pyridine rings is 1. The molecule has 0 aliphatic carbocycles. The molecule has 0 saturated carbocycles. The van der Waals surface area contributed by atoms with Crippen LogP contribution in [0, 0.1) is 5.21 Å². The summed E-state index contributed by atoms with van der Waals surface area (Å²) in [6.07, 6.45) is 1.27. The van der Waals surface area contributed by atoms with Gasteiger partial charge < -0.3 is 27.5 Å². The normalized spacial score (nSPS) is 10.7. The number of fused-ring (bicyclic) bond motifs is 1. The van der Waals surface area contributed by atoms with E-state index in [1.165, 1.54) is 12.3 Å². The lowest BCUT2D eigenvalue weighted by Gasteiger charge is -2.10. The minimum atomic E-state index is -0.220. The average Bonchev–Trinajstić information content (AvgIpc) is 2.23. The number of benzene rings is 1. The highest BCUT2D eigenvalue weighted by Crippen LogP contribution is 2.39. The third-order valence-corrected chi connectivity index (χ3v) is 2.31. The average molecular weight is 206 g/mol. The molecule has 6 nitrogen and oxygen atoms in total. The standard InChI is InChI=1S/C9H10N4O2/c10-5-6(11)8-4(9(14)7(5)12)2-1-3-13(8)15/h1-3,14H,10-12H2. The van der Waals surface area contributed by atoms with Gasteiger partial charge in [-0.2, -0.15) is 4.73 Å². The van der Waals surface area contributed by atoms with Crippen molar-refractivity contribution in [2.24, 2.45) is 0 Å². The van der Waals surface area contributed by atoms with Crippen molar-refractivity contribution >= 4 is 28.0 Å². The van der Waals surface area contributed by atoms with Crippen molar-refractivity contribution in [3.63, 3.8) is 0 Å². The number of hydrogen-bond acceptors (Lipinski definition) is 5. The fraction of sp³-hybridized carbons (Fsp3) is 0. The second kappa shape index (κ2) is 2.81. The Bertz CT molecular complexity index is 554. The summed E-state index contributed by atoms with van der Waals surface area (Å²) < 4.78 is 0.542. The highest BCUT2D eigenvalue weighted by molar-refractivity contribution is 6.04. The number of aromatic nitrogens is 1. The van der Waals surface area contributed by atoms with Crippen molar-refractivity contribution in [2.75, 3.05) is 17.2 Å². The predicted molar refractivity (Wildman–Crippen MR) is 57.8 cm³/mol. The molecule has 1 aromatic carbocycles. The first-order valence-corrected chi connectivity index (χ1v) is 4.21. The largest absolute Gasteiger partial charge is 0.618 e. The van der Waals surface area contributed by atoms with Crippen LogP contribution in [-0.4, -0.2) is 5.11 Å². The molecule has 0 spiro atoms. The Morgan fingerprint density at radius 2 is 1.80 bits per heavy atom. The van der Waals surface area contributed by atoms with Crippen LogP contribution in [0.25, 0.3) is 10.9 Å². The molecule has 7 N–H and O–H groups in total. The Morgan fingerprint density at radius 1 is 1.13 bits per heavy atom. The van der Waals surface area contributed by atoms with E-state index in [1.807, 2.05) is 0 Å². The van der Waals surface area contributed by atoms with Gasteiger partial charge in [0.05, 0.1) is 11.1 Å². The van der Waals surface area contributed by atoms with Crippen LogP contribution in [0.2, 0.25) is 0 Å². The van der Waals surface area contributed by atoms with Crippen LogP contribution in [0.5, 0.6) is 5.75 Å². The number of rotatable bonds is 0. The summed E-state index contributed by atoms with van der Waals surface area (Å²) in [5.74, 6) is -0.220. The minimum absolute atomic E-state index is 0.00815. The van der Waals surface area contributed by atoms with Crippen molar-refractivity contribution in [1.82, 2.24) is 0 Å². The molecule has 1 aromatic heterocycles. The molecule has 2 rings (SSSR count). The van der Waals surface area contributed by atoms with E-state index in [4.69, 9.17) is 17.2 Å². The van der Waals surface area contributed by atoms with Gasteiger partial charge in [-0.3, -0.25) is 0 Å². The van der Waals surface area contributed by atoms with Gasteiger partial charge >= 0.3 is 0 Å². The van der Waals surface area contributed by atoms with Crippen LogP contribution < -0.4 is 21.9 Å². The Labute approximate surface area is 85.1 Å². The van der Waals surface area contributed by atoms with Gasteiger partial charge in [-0.1, -0.05) is 0 Å². The van der Waals surface area contributed by atoms with E-state index in [9.17, 15) is 10.3 Å². The first-order chi connectivity index (χ1) is 7.04. The van der Waals surface area contributed by atoms with Gasteiger partial charge in [0.1, 0.15) is 11.4 Å². The lowest BCUT2D eigenvalue weighted by Crippen LogP contribution is -2.27. The molecular formula is C9H10N4O2. The van der Waals surface area contributed by atoms with E-state index in [0.29, 0.717) is 4.73 Å². The highest BCUT2D eigenvalue weighted by Gasteiger charge is 2.18. The van der Waals surface area contributed by atoms with Gasteiger partial charge in [0.25, 0.3) is 5.52 Å². The predicted octanol–water partition coefficient (Wildman–Crippen LogP) is -0.0746. The van der Waals surface area contributed by atoms with Crippen molar-refractivity contribution in [3.05, 3.63) is 23.5 Å². The zero-order valence-electron chi connectivity index (χ0n) is 7.77. The quantitative estimate of drug-likeness (QED) is 0.158. The molecule has 0 atom stereocenters. The van der Waals surface area contributed by atoms with E-state index in [-0.39, 0.29) is 33.7 Å². The molecule has 0 saturated heterocycles. The third-order valence-electron chi connectivity index (χ3n) is 2.31. The first-order valence-electron chi connectivity index (χ1n) is 4.21. The molecular weight excluding hydrogens is 196 g/mol. The van der Waals surface area contributed by atoms with Crippen molar-refractivity contribution in [2.45, 2.75) is 0 Å². The summed E-state index contributed by atoms with van der Waals surface area (Å²) in [6.45, 7) is 0. The van der Waals surface area contributed by atoms with Crippen LogP contribution in [0.3, 0.4) is 0 Å². The van der Waals surface area contributed by atoms with Gasteiger partial charge in [-0.05, 0) is 6.07 Å². The molecule has 0 fully saturated rings. The molecule has 0 aliphatic heterocycles. The number of hydrogen-bond donors (Lipinski definition) is 4. The van der Waals surface area contributed by atoms with Crippen LogP contribution >= 0.6 is 0 Å². The van der Waals surface area contributed by atoms with E-state index < -0.39 is 0 Å². The zero-order valence-corrected chi connectivity index (χ0v) is 7.77. The zero-order chi connectivity index (χ0) is 11.2. The van der Waals surface area contributed by atoms with Crippen molar-refractivity contribution in [3.8, 4) is 5.75 Å². The van der Waals surface area contributed by atoms with Crippen molar-refractivity contribution in [1.29, 1.82) is 0 Å². The van der Waals surface area contributed by atoms with Crippen LogP contribution in [0.15, 0.2) is 18.3 Å². The fourth-order valence-corrected chi connectivity index (χ4v) is 1.49. The summed E-state index contributed by atoms with van der Waals surface area (Å²) >= 11 is 0. The molecule has 0 bridgehead atoms. The maximum atomic E-state index is 11.4. The van der Waals surface area contributed by atoms with E-state index in [1.54, 1.807) is 6.07 Å². The Balaban J connectivity index is 3.08. The number of nitrogen functional groups attached to an aromatic ring is 3. The maximum Gasteiger partial charge on any atom is 0.252 e. The summed E-state index contributed by atoms with van der Waals surface area (Å²) in [5.41, 5.74) is 17.0. The summed E-state index contributed by atoms with van der Waals surface area (Å²) in [5, 5.41) is 21.4. The van der Waals surface area contributed by atoms with Gasteiger partial charge in [0.15, 0.2) is 11.9 Å². The number of anilines is 3. The molecule has 15 heavy (non-hydrogen) atoms. The second-order valence-corrected chi connectivity index (χ2v) is 3.19. The number of nitrogens with two attached hydrogens (primary N) is 3. The van der Waals surface area contributed by atoms with Crippen LogP contribution in [0.4, 0.5) is 17.1 Å². The Morgan fingerprint density at radius 3 is 2.47 bits per heavy atom. The molecule has 1 heterocycles. The Kier molecular flexibility index (Phi) is 1.72. The van der Waals surface area contributed by atoms with Gasteiger partial charge in [-0.25, -0.2) is 0 Å². The number of phenolic OH excluding ortho intramolecular Hbond substituents is 1. The molecule has 2 aromatic rings. The third kappa shape index (κ3) is 1.08. The van der Waals surface area contributed by atoms with E-state index in [2.05, 4.69) is 0 Å². The molecule has 0 amide bonds. The summed E-state index contributed by atoms with van der Waals surface area (Å²) in [7, 11) is 0. The van der Waals surface area contributed by atoms with E-state index in [0.717, 1.165) is 0 Å². The van der Waals surface area contributed by atoms with Gasteiger partial charge in [0.2, 0.25) is 0 Å². The number of phenols is 1. The van der Waals surface area contributed by atoms with Crippen LogP contribution in [-0.2, 0) is 0 Å². The van der Waals surface area contributed by atoms with Crippen molar-refractivity contribution < 1.29 is 9.84 Å². The fourth-order valence-electron chi connectivity index (χ4n) is 1.49. The smallest absolute Gasteiger partial charge is 0.252 e. The number of aromatic hydroxyl groups is 1. The molecule has 6 heteroatoms. The monoisotopic (exact) mass is 206 g/mol. The molecule has 0 unspecified atom stereocenters. The first kappa shape index (κ1) is 9.20. The SMILES string of the molecule is Nc1c(N)c(N)c2c(ccc[n+]2[O-])c1O. The number of nitrogens with zero attached hydrogens (tertiary/aromatic N) is 1. The molecule has 0 radical (unpaired) electrons. The Hall–Kier alpha value is -2.37. The topological polar surface area (TPSA) is 125 Å². The highest BCUT2D eigenvalue weighted by atomic mass is 16.5. The van der Waals surface area contributed by atoms with Gasteiger partial charge in [-0.15, -0.1) is 0 Å². The van der Waals surface area contributed by atoms with Crippen LogP contribution in [0.1, 0.15) is 0 Å². The van der Waals surface area contributed by atoms with Gasteiger partial charge in [0, 0.05) is 6.07 Å². The molecule has 78 valence electrons. The lowest BCUT2D eigenvalue weighted by molar-refractivity contribution is -0.576.